The SMILES string of the molecule is CC/C=C\C/C=C\C/C=C\C/C=C\C/C=C\CCCCCCCCCCCC(=O)NC(COC1OC(CO)C(OC2OC(CO)C(O)C(O)C2O)C(O)C1O)C(O)/C=C/CC/C=C/CC/C=C/CCCCCCCCC. The van der Waals surface area contributed by atoms with Crippen LogP contribution in [0.2, 0.25) is 0 Å². The van der Waals surface area contributed by atoms with Gasteiger partial charge in [0.2, 0.25) is 5.91 Å². The predicted molar refractivity (Wildman–Crippen MR) is 304 cm³/mol. The Balaban J connectivity index is 1.78. The summed E-state index contributed by atoms with van der Waals surface area (Å²) < 4.78 is 22.7. The molecular formula is C62H105NO13. The lowest BCUT2D eigenvalue weighted by Gasteiger charge is -2.46. The molecule has 1 amide bonds. The molecule has 2 saturated heterocycles. The second kappa shape index (κ2) is 46.8. The number of allylic oxidation sites excluding steroid dienone is 15. The molecule has 0 aromatic carbocycles. The molecule has 76 heavy (non-hydrogen) atoms. The highest BCUT2D eigenvalue weighted by atomic mass is 16.7. The van der Waals surface area contributed by atoms with Crippen LogP contribution in [0.5, 0.6) is 0 Å². The highest BCUT2D eigenvalue weighted by molar-refractivity contribution is 5.76. The smallest absolute Gasteiger partial charge is 0.220 e. The van der Waals surface area contributed by atoms with Gasteiger partial charge in [-0.15, -0.1) is 0 Å². The van der Waals surface area contributed by atoms with Crippen LogP contribution in [0.1, 0.15) is 194 Å². The zero-order valence-electron chi connectivity index (χ0n) is 46.7. The first-order valence-electron chi connectivity index (χ1n) is 29.5. The van der Waals surface area contributed by atoms with Gasteiger partial charge in [-0.2, -0.15) is 0 Å². The Morgan fingerprint density at radius 3 is 1.45 bits per heavy atom. The van der Waals surface area contributed by atoms with E-state index in [1.807, 2.05) is 6.08 Å². The van der Waals surface area contributed by atoms with Gasteiger partial charge in [0.05, 0.1) is 32.0 Å². The van der Waals surface area contributed by atoms with E-state index in [1.54, 1.807) is 6.08 Å². The van der Waals surface area contributed by atoms with Gasteiger partial charge in [0.25, 0.3) is 0 Å². The van der Waals surface area contributed by atoms with Crippen molar-refractivity contribution < 1.29 is 64.6 Å². The van der Waals surface area contributed by atoms with Gasteiger partial charge in [-0.05, 0) is 89.9 Å². The Hall–Kier alpha value is -3.09. The van der Waals surface area contributed by atoms with Crippen molar-refractivity contribution in [2.24, 2.45) is 0 Å². The van der Waals surface area contributed by atoms with Gasteiger partial charge in [-0.3, -0.25) is 4.79 Å². The fourth-order valence-electron chi connectivity index (χ4n) is 9.00. The van der Waals surface area contributed by atoms with Crippen molar-refractivity contribution in [1.82, 2.24) is 5.32 Å². The molecule has 9 N–H and O–H groups in total. The molecule has 2 aliphatic heterocycles. The third-order valence-electron chi connectivity index (χ3n) is 13.7. The summed E-state index contributed by atoms with van der Waals surface area (Å²) in [5, 5.41) is 87.0. The number of amides is 1. The van der Waals surface area contributed by atoms with E-state index in [1.165, 1.54) is 77.0 Å². The molecule has 2 heterocycles. The summed E-state index contributed by atoms with van der Waals surface area (Å²) in [5.74, 6) is -0.265. The summed E-state index contributed by atoms with van der Waals surface area (Å²) in [5.41, 5.74) is 0. The first kappa shape index (κ1) is 69.0. The zero-order chi connectivity index (χ0) is 55.3. The van der Waals surface area contributed by atoms with Crippen LogP contribution in [0, 0.1) is 0 Å². The predicted octanol–water partition coefficient (Wildman–Crippen LogP) is 9.89. The standard InChI is InChI=1S/C62H105NO13/c1-3-5-7-9-11-13-15-17-19-21-22-23-24-25-26-27-28-30-32-34-36-38-40-42-44-46-54(67)63-50(51(66)45-43-41-39-37-35-33-31-29-20-18-16-14-12-10-8-6-4-2)49-73-61-59(72)57(70)60(53(48-65)75-61)76-62-58(71)56(69)55(68)52(47-64)74-62/h5,7,11,13,17,19-20,22-23,25-26,29,35,37,43,45,50-53,55-62,64-66,68-72H,3-4,6,8-10,12,14-16,18,21,24,27-28,30-34,36,38-42,44,46-49H2,1-2H3,(H,63,67)/b7-5-,13-11-,19-17-,23-22-,26-25-,29-20+,37-35+,45-43+. The number of carbonyl (C=O) groups excluding carboxylic acids is 1. The van der Waals surface area contributed by atoms with Gasteiger partial charge in [-0.1, -0.05) is 195 Å². The minimum atomic E-state index is -1.80. The Kier molecular flexibility index (Phi) is 42.5. The molecule has 0 spiro atoms. The largest absolute Gasteiger partial charge is 0.394 e. The molecule has 0 saturated carbocycles. The molecule has 2 aliphatic rings. The van der Waals surface area contributed by atoms with Gasteiger partial charge in [0.15, 0.2) is 12.6 Å². The van der Waals surface area contributed by atoms with Crippen molar-refractivity contribution in [3.63, 3.8) is 0 Å². The quantitative estimate of drug-likeness (QED) is 0.0205. The van der Waals surface area contributed by atoms with E-state index in [-0.39, 0.29) is 18.9 Å². The van der Waals surface area contributed by atoms with Gasteiger partial charge in [-0.25, -0.2) is 0 Å². The molecule has 14 heteroatoms. The van der Waals surface area contributed by atoms with Crippen molar-refractivity contribution in [3.8, 4) is 0 Å². The number of rotatable bonds is 45. The second-order valence-electron chi connectivity index (χ2n) is 20.4. The summed E-state index contributed by atoms with van der Waals surface area (Å²) >= 11 is 0. The van der Waals surface area contributed by atoms with Crippen LogP contribution in [0.15, 0.2) is 97.2 Å². The minimum Gasteiger partial charge on any atom is -0.394 e. The van der Waals surface area contributed by atoms with E-state index in [9.17, 15) is 45.6 Å². The summed E-state index contributed by atoms with van der Waals surface area (Å²) in [7, 11) is 0. The Morgan fingerprint density at radius 2 is 0.921 bits per heavy atom. The van der Waals surface area contributed by atoms with Gasteiger partial charge in [0.1, 0.15) is 48.8 Å². The molecule has 14 nitrogen and oxygen atoms in total. The average molecular weight is 1070 g/mol. The van der Waals surface area contributed by atoms with Crippen LogP contribution in [0.3, 0.4) is 0 Å². The van der Waals surface area contributed by atoms with Gasteiger partial charge >= 0.3 is 0 Å². The Labute approximate surface area is 458 Å². The molecule has 12 atom stereocenters. The first-order chi connectivity index (χ1) is 37.1. The molecule has 0 aromatic heterocycles. The second-order valence-corrected chi connectivity index (χ2v) is 20.4. The highest BCUT2D eigenvalue weighted by Crippen LogP contribution is 2.30. The van der Waals surface area contributed by atoms with Crippen LogP contribution >= 0.6 is 0 Å². The highest BCUT2D eigenvalue weighted by Gasteiger charge is 2.51. The maximum Gasteiger partial charge on any atom is 0.220 e. The lowest BCUT2D eigenvalue weighted by Crippen LogP contribution is -2.65. The van der Waals surface area contributed by atoms with Gasteiger partial charge < -0.3 is 65.1 Å². The lowest BCUT2D eigenvalue weighted by atomic mass is 9.97. The van der Waals surface area contributed by atoms with Crippen LogP contribution < -0.4 is 5.32 Å². The molecule has 436 valence electrons. The molecule has 0 radical (unpaired) electrons. The summed E-state index contributed by atoms with van der Waals surface area (Å²) in [6.45, 7) is 2.63. The van der Waals surface area contributed by atoms with E-state index in [4.69, 9.17) is 18.9 Å². The first-order valence-corrected chi connectivity index (χ1v) is 29.5. The normalized spacial score (nSPS) is 25.6. The number of ether oxygens (including phenoxy) is 4. The molecule has 12 unspecified atom stereocenters. The monoisotopic (exact) mass is 1070 g/mol. The van der Waals surface area contributed by atoms with Crippen LogP contribution in [-0.4, -0.2) is 140 Å². The molecule has 2 rings (SSSR count). The molecule has 2 fully saturated rings. The molecular weight excluding hydrogens is 967 g/mol. The van der Waals surface area contributed by atoms with E-state index >= 15 is 0 Å². The molecule has 0 aliphatic carbocycles. The maximum absolute atomic E-state index is 13.3. The summed E-state index contributed by atoms with van der Waals surface area (Å²) in [4.78, 5) is 13.3. The van der Waals surface area contributed by atoms with Crippen molar-refractivity contribution >= 4 is 5.91 Å². The van der Waals surface area contributed by atoms with E-state index in [2.05, 4.69) is 104 Å². The van der Waals surface area contributed by atoms with E-state index in [0.29, 0.717) is 12.8 Å². The number of unbranched alkanes of at least 4 members (excludes halogenated alkanes) is 18. The van der Waals surface area contributed by atoms with Crippen LogP contribution in [-0.2, 0) is 23.7 Å². The van der Waals surface area contributed by atoms with Crippen molar-refractivity contribution in [2.75, 3.05) is 19.8 Å². The number of carbonyl (C=O) groups is 1. The average Bonchev–Trinajstić information content (AvgIpc) is 3.42. The number of hydrogen-bond donors (Lipinski definition) is 9. The molecule has 0 aromatic rings. The van der Waals surface area contributed by atoms with Crippen molar-refractivity contribution in [2.45, 2.75) is 267 Å². The van der Waals surface area contributed by atoms with Crippen molar-refractivity contribution in [1.29, 1.82) is 0 Å². The number of nitrogens with one attached hydrogen (secondary N) is 1. The Bertz CT molecular complexity index is 1640. The Morgan fingerprint density at radius 1 is 0.487 bits per heavy atom. The maximum atomic E-state index is 13.3. The van der Waals surface area contributed by atoms with Gasteiger partial charge in [0, 0.05) is 6.42 Å². The fraction of sp³-hybridized carbons (Fsp3) is 0.726. The third kappa shape index (κ3) is 32.1. The zero-order valence-corrected chi connectivity index (χ0v) is 46.7. The molecule has 0 bridgehead atoms. The van der Waals surface area contributed by atoms with Crippen LogP contribution in [0.4, 0.5) is 0 Å². The lowest BCUT2D eigenvalue weighted by molar-refractivity contribution is -0.359. The van der Waals surface area contributed by atoms with E-state index < -0.39 is 86.8 Å². The third-order valence-corrected chi connectivity index (χ3v) is 13.7. The number of hydrogen-bond acceptors (Lipinski definition) is 13. The summed E-state index contributed by atoms with van der Waals surface area (Å²) in [6, 6.07) is -0.947. The topological polar surface area (TPSA) is 228 Å². The van der Waals surface area contributed by atoms with Crippen LogP contribution in [0.25, 0.3) is 0 Å². The number of aliphatic hydroxyl groups excluding tert-OH is 8. The fourth-order valence-corrected chi connectivity index (χ4v) is 9.00. The summed E-state index contributed by atoms with van der Waals surface area (Å²) in [6.07, 6.45) is 47.2. The van der Waals surface area contributed by atoms with E-state index in [0.717, 1.165) is 83.5 Å². The minimum absolute atomic E-state index is 0.257. The van der Waals surface area contributed by atoms with Crippen molar-refractivity contribution in [3.05, 3.63) is 97.2 Å². The number of aliphatic hydroxyl groups is 8.